The maximum atomic E-state index is 12.0. The number of esters is 2. The molecule has 0 aliphatic heterocycles. The fraction of sp³-hybridized carbons (Fsp3) is 0.875. The fourth-order valence-electron chi connectivity index (χ4n) is 4.09. The second-order valence-corrected chi connectivity index (χ2v) is 6.30. The van der Waals surface area contributed by atoms with Gasteiger partial charge in [0.1, 0.15) is 0 Å². The van der Waals surface area contributed by atoms with Crippen LogP contribution in [0.15, 0.2) is 0 Å². The summed E-state index contributed by atoms with van der Waals surface area (Å²) in [5.74, 6) is 0.604. The van der Waals surface area contributed by atoms with Crippen LogP contribution in [0.1, 0.15) is 57.8 Å². The van der Waals surface area contributed by atoms with Gasteiger partial charge in [-0.25, -0.2) is 0 Å². The molecule has 2 saturated carbocycles. The minimum absolute atomic E-state index is 0.425. The smallest absolute Gasteiger partial charge is 0.323 e. The second kappa shape index (κ2) is 6.59. The van der Waals surface area contributed by atoms with E-state index in [1.807, 2.05) is 0 Å². The van der Waals surface area contributed by atoms with Gasteiger partial charge in [-0.3, -0.25) is 9.59 Å². The molecule has 0 aromatic carbocycles. The molecule has 0 bridgehead atoms. The third-order valence-electron chi connectivity index (χ3n) is 5.35. The minimum Gasteiger partial charge on any atom is -0.468 e. The van der Waals surface area contributed by atoms with Crippen LogP contribution >= 0.6 is 0 Å². The summed E-state index contributed by atoms with van der Waals surface area (Å²) in [7, 11) is 2.69. The Labute approximate surface area is 121 Å². The van der Waals surface area contributed by atoms with Crippen molar-refractivity contribution in [2.24, 2.45) is 17.3 Å². The first-order valence-corrected chi connectivity index (χ1v) is 7.81. The number of hydrogen-bond acceptors (Lipinski definition) is 4. The van der Waals surface area contributed by atoms with Crippen LogP contribution in [0, 0.1) is 17.3 Å². The van der Waals surface area contributed by atoms with Crippen LogP contribution in [0.3, 0.4) is 0 Å². The molecule has 0 unspecified atom stereocenters. The van der Waals surface area contributed by atoms with Crippen LogP contribution in [-0.4, -0.2) is 26.2 Å². The number of carbonyl (C=O) groups is 2. The van der Waals surface area contributed by atoms with Crippen LogP contribution in [-0.2, 0) is 19.1 Å². The van der Waals surface area contributed by atoms with E-state index in [9.17, 15) is 9.59 Å². The van der Waals surface area contributed by atoms with Gasteiger partial charge in [0, 0.05) is 0 Å². The molecule has 4 heteroatoms. The van der Waals surface area contributed by atoms with Crippen molar-refractivity contribution in [1.29, 1.82) is 0 Å². The zero-order valence-electron chi connectivity index (χ0n) is 12.7. The largest absolute Gasteiger partial charge is 0.468 e. The van der Waals surface area contributed by atoms with Crippen molar-refractivity contribution in [2.75, 3.05) is 14.2 Å². The highest BCUT2D eigenvalue weighted by atomic mass is 16.5. The Bertz CT molecular complexity index is 331. The molecule has 0 aromatic rings. The van der Waals surface area contributed by atoms with Crippen LogP contribution in [0.2, 0.25) is 0 Å². The Morgan fingerprint density at radius 1 is 0.800 bits per heavy atom. The van der Waals surface area contributed by atoms with Crippen molar-refractivity contribution in [3.8, 4) is 0 Å². The molecule has 0 amide bonds. The van der Waals surface area contributed by atoms with Crippen molar-refractivity contribution in [1.82, 2.24) is 0 Å². The van der Waals surface area contributed by atoms with Crippen molar-refractivity contribution in [3.05, 3.63) is 0 Å². The number of hydrogen-bond donors (Lipinski definition) is 0. The van der Waals surface area contributed by atoms with Gasteiger partial charge in [-0.15, -0.1) is 0 Å². The predicted octanol–water partition coefficient (Wildman–Crippen LogP) is 3.09. The Morgan fingerprint density at radius 2 is 1.25 bits per heavy atom. The highest BCUT2D eigenvalue weighted by Gasteiger charge is 2.51. The molecular formula is C16H26O4. The molecule has 0 heterocycles. The molecular weight excluding hydrogens is 256 g/mol. The van der Waals surface area contributed by atoms with Crippen LogP contribution in [0.25, 0.3) is 0 Å². The molecule has 2 aliphatic rings. The molecule has 20 heavy (non-hydrogen) atoms. The van der Waals surface area contributed by atoms with Crippen LogP contribution < -0.4 is 0 Å². The zero-order chi connectivity index (χ0) is 14.6. The van der Waals surface area contributed by atoms with Crippen LogP contribution in [0.5, 0.6) is 0 Å². The van der Waals surface area contributed by atoms with Gasteiger partial charge in [0.2, 0.25) is 0 Å². The van der Waals surface area contributed by atoms with E-state index >= 15 is 0 Å². The third kappa shape index (κ3) is 2.84. The van der Waals surface area contributed by atoms with Gasteiger partial charge in [0.25, 0.3) is 0 Å². The predicted molar refractivity (Wildman–Crippen MR) is 75.0 cm³/mol. The summed E-state index contributed by atoms with van der Waals surface area (Å²) in [5, 5.41) is 0. The first-order valence-electron chi connectivity index (χ1n) is 7.81. The van der Waals surface area contributed by atoms with Gasteiger partial charge < -0.3 is 9.47 Å². The molecule has 2 fully saturated rings. The van der Waals surface area contributed by atoms with E-state index in [1.54, 1.807) is 0 Å². The van der Waals surface area contributed by atoms with E-state index < -0.39 is 17.4 Å². The van der Waals surface area contributed by atoms with Crippen molar-refractivity contribution >= 4 is 11.9 Å². The highest BCUT2D eigenvalue weighted by molar-refractivity contribution is 6.00. The van der Waals surface area contributed by atoms with E-state index in [1.165, 1.54) is 46.3 Å². The minimum atomic E-state index is -1.05. The highest BCUT2D eigenvalue weighted by Crippen LogP contribution is 2.46. The SMILES string of the molecule is COC(=O)C1(C(=O)OC)CCC(C2CCCCC2)CC1. The number of methoxy groups -OCH3 is 2. The maximum Gasteiger partial charge on any atom is 0.323 e. The normalized spacial score (nSPS) is 24.1. The summed E-state index contributed by atoms with van der Waals surface area (Å²) >= 11 is 0. The van der Waals surface area contributed by atoms with Gasteiger partial charge >= 0.3 is 11.9 Å². The topological polar surface area (TPSA) is 52.6 Å². The lowest BCUT2D eigenvalue weighted by atomic mass is 9.65. The molecule has 2 aliphatic carbocycles. The summed E-state index contributed by atoms with van der Waals surface area (Å²) in [4.78, 5) is 24.1. The molecule has 0 atom stereocenters. The summed E-state index contributed by atoms with van der Waals surface area (Å²) in [6, 6.07) is 0. The quantitative estimate of drug-likeness (QED) is 0.589. The van der Waals surface area contributed by atoms with E-state index in [-0.39, 0.29) is 0 Å². The molecule has 114 valence electrons. The summed E-state index contributed by atoms with van der Waals surface area (Å²) in [5.41, 5.74) is -1.05. The standard InChI is InChI=1S/C16H26O4/c1-19-14(17)16(15(18)20-2)10-8-13(9-11-16)12-6-4-3-5-7-12/h12-13H,3-11H2,1-2H3. The van der Waals surface area contributed by atoms with Crippen molar-refractivity contribution in [3.63, 3.8) is 0 Å². The molecule has 0 aromatic heterocycles. The van der Waals surface area contributed by atoms with E-state index in [0.29, 0.717) is 18.8 Å². The molecule has 4 nitrogen and oxygen atoms in total. The monoisotopic (exact) mass is 282 g/mol. The fourth-order valence-corrected chi connectivity index (χ4v) is 4.09. The van der Waals surface area contributed by atoms with Crippen molar-refractivity contribution in [2.45, 2.75) is 57.8 Å². The lowest BCUT2D eigenvalue weighted by Crippen LogP contribution is -2.44. The molecule has 0 radical (unpaired) electrons. The Hall–Kier alpha value is -1.06. The number of carbonyl (C=O) groups excluding carboxylic acids is 2. The Kier molecular flexibility index (Phi) is 5.06. The average molecular weight is 282 g/mol. The molecule has 0 spiro atoms. The lowest BCUT2D eigenvalue weighted by molar-refractivity contribution is -0.172. The Balaban J connectivity index is 2.02. The summed E-state index contributed by atoms with van der Waals surface area (Å²) < 4.78 is 9.71. The van der Waals surface area contributed by atoms with Gasteiger partial charge in [-0.1, -0.05) is 32.1 Å². The van der Waals surface area contributed by atoms with E-state index in [0.717, 1.165) is 18.8 Å². The second-order valence-electron chi connectivity index (χ2n) is 6.30. The number of ether oxygens (including phenoxy) is 2. The Morgan fingerprint density at radius 3 is 1.70 bits per heavy atom. The third-order valence-corrected chi connectivity index (χ3v) is 5.35. The van der Waals surface area contributed by atoms with E-state index in [4.69, 9.17) is 9.47 Å². The van der Waals surface area contributed by atoms with Gasteiger partial charge in [0.15, 0.2) is 5.41 Å². The van der Waals surface area contributed by atoms with E-state index in [2.05, 4.69) is 0 Å². The summed E-state index contributed by atoms with van der Waals surface area (Å²) in [6.45, 7) is 0. The van der Waals surface area contributed by atoms with Crippen molar-refractivity contribution < 1.29 is 19.1 Å². The average Bonchev–Trinajstić information content (AvgIpc) is 2.54. The number of rotatable bonds is 3. The van der Waals surface area contributed by atoms with Gasteiger partial charge in [0.05, 0.1) is 14.2 Å². The first kappa shape index (κ1) is 15.3. The first-order chi connectivity index (χ1) is 9.64. The molecule has 0 saturated heterocycles. The zero-order valence-corrected chi connectivity index (χ0v) is 12.7. The summed E-state index contributed by atoms with van der Waals surface area (Å²) in [6.07, 6.45) is 9.69. The molecule has 2 rings (SSSR count). The lowest BCUT2D eigenvalue weighted by Gasteiger charge is -2.39. The maximum absolute atomic E-state index is 12.0. The van der Waals surface area contributed by atoms with Gasteiger partial charge in [-0.05, 0) is 37.5 Å². The molecule has 0 N–H and O–H groups in total. The van der Waals surface area contributed by atoms with Gasteiger partial charge in [-0.2, -0.15) is 0 Å². The van der Waals surface area contributed by atoms with Crippen LogP contribution in [0.4, 0.5) is 0 Å².